The van der Waals surface area contributed by atoms with Gasteiger partial charge in [0.1, 0.15) is 0 Å². The Bertz CT molecular complexity index is 1580. The number of hydrogen-bond donors (Lipinski definition) is 0. The summed E-state index contributed by atoms with van der Waals surface area (Å²) in [4.78, 5) is 0. The van der Waals surface area contributed by atoms with Crippen molar-refractivity contribution in [1.29, 1.82) is 0 Å². The first-order valence-corrected chi connectivity index (χ1v) is 18.0. The topological polar surface area (TPSA) is 0 Å². The third-order valence-electron chi connectivity index (χ3n) is 10.7. The van der Waals surface area contributed by atoms with E-state index in [1.807, 2.05) is 19.1 Å². The summed E-state index contributed by atoms with van der Waals surface area (Å²) in [7, 11) is 0. The first-order valence-electron chi connectivity index (χ1n) is 18.0. The highest BCUT2D eigenvalue weighted by atomic mass is 19.3. The molecule has 6 rings (SSSR count). The minimum absolute atomic E-state index is 0.260. The van der Waals surface area contributed by atoms with Crippen molar-refractivity contribution in [2.24, 2.45) is 11.8 Å². The van der Waals surface area contributed by atoms with Crippen LogP contribution in [0.1, 0.15) is 106 Å². The lowest BCUT2D eigenvalue weighted by atomic mass is 9.78. The van der Waals surface area contributed by atoms with Crippen LogP contribution in [0.25, 0.3) is 22.3 Å². The number of benzene rings is 4. The van der Waals surface area contributed by atoms with Gasteiger partial charge in [-0.15, -0.1) is 0 Å². The number of rotatable bonds is 9. The highest BCUT2D eigenvalue weighted by molar-refractivity contribution is 5.65. The molecular formula is C43H48F6. The Labute approximate surface area is 288 Å². The number of alkyl halides is 4. The molecule has 0 saturated heterocycles. The predicted octanol–water partition coefficient (Wildman–Crippen LogP) is 13.6. The lowest BCUT2D eigenvalue weighted by Gasteiger charge is -2.28. The van der Waals surface area contributed by atoms with Crippen LogP contribution in [0.2, 0.25) is 0 Å². The van der Waals surface area contributed by atoms with Crippen molar-refractivity contribution in [3.05, 3.63) is 119 Å². The van der Waals surface area contributed by atoms with Crippen LogP contribution in [0.5, 0.6) is 0 Å². The van der Waals surface area contributed by atoms with Gasteiger partial charge < -0.3 is 0 Å². The lowest BCUT2D eigenvalue weighted by Crippen LogP contribution is -2.19. The molecule has 4 aromatic rings. The zero-order valence-electron chi connectivity index (χ0n) is 28.6. The highest BCUT2D eigenvalue weighted by Gasteiger charge is 2.29. The fourth-order valence-corrected chi connectivity index (χ4v) is 7.50. The minimum atomic E-state index is -2.23. The van der Waals surface area contributed by atoms with Crippen LogP contribution in [-0.4, -0.2) is 12.9 Å². The van der Waals surface area contributed by atoms with Crippen LogP contribution in [0.3, 0.4) is 0 Å². The standard InChI is InChI=1S/C22H24F4.C21H24F2/c1-2-3-17-12-13-19(21(24)20(17)23)16-8-4-14(5-9-16)15-6-10-18(11-7-15)22(25)26;1-2-15-3-5-16(6-4-15)17-7-9-18(10-8-17)19-11-13-20(14-12-19)21(22)23/h4-5,8-9,12-13,15,18,22H,2-3,6-7,10-11H2,1H3;3-10,19-21H,2,11-14H2,1H3. The Morgan fingerprint density at radius 3 is 1.35 bits per heavy atom. The zero-order chi connectivity index (χ0) is 34.9. The molecule has 0 spiro atoms. The molecule has 49 heavy (non-hydrogen) atoms. The van der Waals surface area contributed by atoms with Crippen molar-refractivity contribution < 1.29 is 26.3 Å². The van der Waals surface area contributed by atoms with Gasteiger partial charge in [-0.1, -0.05) is 105 Å². The minimum Gasteiger partial charge on any atom is -0.210 e. The maximum absolute atomic E-state index is 14.4. The Balaban J connectivity index is 0.000000192. The van der Waals surface area contributed by atoms with Gasteiger partial charge >= 0.3 is 0 Å². The van der Waals surface area contributed by atoms with E-state index in [9.17, 15) is 26.3 Å². The van der Waals surface area contributed by atoms with Gasteiger partial charge in [0, 0.05) is 17.4 Å². The molecular weight excluding hydrogens is 630 g/mol. The molecule has 6 heteroatoms. The number of hydrogen-bond acceptors (Lipinski definition) is 0. The summed E-state index contributed by atoms with van der Waals surface area (Å²) < 4.78 is 79.6. The molecule has 2 aliphatic rings. The van der Waals surface area contributed by atoms with Crippen LogP contribution in [0.15, 0.2) is 84.9 Å². The molecule has 0 heterocycles. The summed E-state index contributed by atoms with van der Waals surface area (Å²) in [6, 6.07) is 28.1. The molecule has 0 atom stereocenters. The highest BCUT2D eigenvalue weighted by Crippen LogP contribution is 2.40. The second-order valence-corrected chi connectivity index (χ2v) is 13.8. The van der Waals surface area contributed by atoms with Gasteiger partial charge in [0.15, 0.2) is 11.6 Å². The third-order valence-corrected chi connectivity index (χ3v) is 10.7. The number of halogens is 6. The summed E-state index contributed by atoms with van der Waals surface area (Å²) in [6.45, 7) is 4.09. The largest absolute Gasteiger partial charge is 0.241 e. The molecule has 0 aliphatic heterocycles. The van der Waals surface area contributed by atoms with E-state index in [0.717, 1.165) is 44.1 Å². The molecule has 262 valence electrons. The molecule has 0 bridgehead atoms. The average Bonchev–Trinajstić information content (AvgIpc) is 3.14. The van der Waals surface area contributed by atoms with Gasteiger partial charge in [0.2, 0.25) is 12.9 Å². The molecule has 0 N–H and O–H groups in total. The lowest BCUT2D eigenvalue weighted by molar-refractivity contribution is 0.0525. The molecule has 0 amide bonds. The van der Waals surface area contributed by atoms with E-state index in [1.54, 1.807) is 24.3 Å². The first kappa shape index (κ1) is 36.7. The fourth-order valence-electron chi connectivity index (χ4n) is 7.50. The Kier molecular flexibility index (Phi) is 13.0. The van der Waals surface area contributed by atoms with E-state index in [0.29, 0.717) is 49.1 Å². The molecule has 2 saturated carbocycles. The predicted molar refractivity (Wildman–Crippen MR) is 188 cm³/mol. The van der Waals surface area contributed by atoms with Crippen molar-refractivity contribution in [2.45, 2.75) is 109 Å². The molecule has 2 aliphatic carbocycles. The van der Waals surface area contributed by atoms with Crippen molar-refractivity contribution in [1.82, 2.24) is 0 Å². The van der Waals surface area contributed by atoms with Crippen LogP contribution in [-0.2, 0) is 12.8 Å². The second-order valence-electron chi connectivity index (χ2n) is 13.8. The average molecular weight is 679 g/mol. The van der Waals surface area contributed by atoms with E-state index in [1.165, 1.54) is 22.3 Å². The molecule has 2 fully saturated rings. The molecule has 0 unspecified atom stereocenters. The molecule has 0 radical (unpaired) electrons. The second kappa shape index (κ2) is 17.4. The van der Waals surface area contributed by atoms with E-state index in [2.05, 4.69) is 55.5 Å². The summed E-state index contributed by atoms with van der Waals surface area (Å²) in [5.41, 5.74) is 7.48. The maximum atomic E-state index is 14.4. The first-order chi connectivity index (χ1) is 23.7. The number of aryl methyl sites for hydroxylation is 2. The van der Waals surface area contributed by atoms with E-state index >= 15 is 0 Å². The molecule has 0 nitrogen and oxygen atoms in total. The maximum Gasteiger partial charge on any atom is 0.241 e. The summed E-state index contributed by atoms with van der Waals surface area (Å²) in [5.74, 6) is -1.72. The molecule has 4 aromatic carbocycles. The van der Waals surface area contributed by atoms with Crippen LogP contribution < -0.4 is 0 Å². The smallest absolute Gasteiger partial charge is 0.210 e. The normalized spacial score (nSPS) is 21.0. The molecule has 0 aromatic heterocycles. The summed E-state index contributed by atoms with van der Waals surface area (Å²) in [6.07, 6.45) is 3.64. The van der Waals surface area contributed by atoms with Gasteiger partial charge in [-0.3, -0.25) is 0 Å². The van der Waals surface area contributed by atoms with E-state index in [-0.39, 0.29) is 17.4 Å². The Morgan fingerprint density at radius 1 is 0.510 bits per heavy atom. The van der Waals surface area contributed by atoms with Gasteiger partial charge in [0.25, 0.3) is 0 Å². The quantitative estimate of drug-likeness (QED) is 0.155. The fraction of sp³-hybridized carbons (Fsp3) is 0.442. The van der Waals surface area contributed by atoms with E-state index < -0.39 is 30.4 Å². The van der Waals surface area contributed by atoms with Crippen molar-refractivity contribution in [3.63, 3.8) is 0 Å². The van der Waals surface area contributed by atoms with Gasteiger partial charge in [-0.2, -0.15) is 0 Å². The SMILES string of the molecule is CCCc1ccc(-c2ccc(C3CCC(C(F)F)CC3)cc2)c(F)c1F.CCc1ccc(-c2ccc(C3CCC(C(F)F)CC3)cc2)cc1. The Morgan fingerprint density at radius 2 is 0.939 bits per heavy atom. The van der Waals surface area contributed by atoms with Gasteiger partial charge in [0.05, 0.1) is 0 Å². The van der Waals surface area contributed by atoms with Crippen molar-refractivity contribution in [2.75, 3.05) is 0 Å². The van der Waals surface area contributed by atoms with Crippen LogP contribution >= 0.6 is 0 Å². The zero-order valence-corrected chi connectivity index (χ0v) is 28.6. The third kappa shape index (κ3) is 9.38. The monoisotopic (exact) mass is 678 g/mol. The van der Waals surface area contributed by atoms with E-state index in [4.69, 9.17) is 0 Å². The summed E-state index contributed by atoms with van der Waals surface area (Å²) in [5, 5.41) is 0. The van der Waals surface area contributed by atoms with Crippen LogP contribution in [0, 0.1) is 23.5 Å². The van der Waals surface area contributed by atoms with Gasteiger partial charge in [-0.05, 0) is 115 Å². The summed E-state index contributed by atoms with van der Waals surface area (Å²) >= 11 is 0. The Hall–Kier alpha value is -3.54. The van der Waals surface area contributed by atoms with Crippen molar-refractivity contribution >= 4 is 0 Å². The van der Waals surface area contributed by atoms with Gasteiger partial charge in [-0.25, -0.2) is 26.3 Å². The van der Waals surface area contributed by atoms with Crippen LogP contribution in [0.4, 0.5) is 26.3 Å². The van der Waals surface area contributed by atoms with Crippen molar-refractivity contribution in [3.8, 4) is 22.3 Å².